The maximum atomic E-state index is 10.8. The van der Waals surface area contributed by atoms with Gasteiger partial charge in [0.25, 0.3) is 0 Å². The number of hydrogen-bond donors (Lipinski definition) is 0. The Balaban J connectivity index is 0.000000791. The highest BCUT2D eigenvalue weighted by atomic mass is 16.1. The van der Waals surface area contributed by atoms with E-state index in [9.17, 15) is 4.79 Å². The standard InChI is InChI=1S/C11H12O.C2H6/c1-9(8-10(2)12)11-6-4-3-5-7-11;1-2/h3-8H,1-2H3;1-2H3. The zero-order chi connectivity index (χ0) is 11.0. The maximum Gasteiger partial charge on any atom is 0.152 e. The average Bonchev–Trinajstić information content (AvgIpc) is 2.21. The van der Waals surface area contributed by atoms with Gasteiger partial charge in [0.15, 0.2) is 5.78 Å². The van der Waals surface area contributed by atoms with Crippen molar-refractivity contribution in [3.8, 4) is 0 Å². The number of rotatable bonds is 2. The molecule has 1 rings (SSSR count). The van der Waals surface area contributed by atoms with Crippen molar-refractivity contribution < 1.29 is 4.79 Å². The Hall–Kier alpha value is -1.37. The van der Waals surface area contributed by atoms with Gasteiger partial charge in [0.05, 0.1) is 0 Å². The molecular formula is C13H18O. The van der Waals surface area contributed by atoms with Gasteiger partial charge in [-0.3, -0.25) is 4.79 Å². The fourth-order valence-corrected chi connectivity index (χ4v) is 1.09. The molecule has 0 aromatic heterocycles. The summed E-state index contributed by atoms with van der Waals surface area (Å²) in [5, 5.41) is 0. The molecule has 0 aliphatic heterocycles. The molecule has 0 saturated carbocycles. The molecule has 0 amide bonds. The van der Waals surface area contributed by atoms with E-state index in [4.69, 9.17) is 0 Å². The monoisotopic (exact) mass is 190 g/mol. The first-order valence-corrected chi connectivity index (χ1v) is 4.94. The number of allylic oxidation sites excluding steroid dienone is 2. The quantitative estimate of drug-likeness (QED) is 0.650. The molecule has 0 radical (unpaired) electrons. The second kappa shape index (κ2) is 7.07. The first kappa shape index (κ1) is 12.6. The predicted octanol–water partition coefficient (Wildman–Crippen LogP) is 3.71. The smallest absolute Gasteiger partial charge is 0.152 e. The molecule has 0 saturated heterocycles. The molecule has 1 nitrogen and oxygen atoms in total. The second-order valence-corrected chi connectivity index (χ2v) is 2.80. The van der Waals surface area contributed by atoms with Crippen molar-refractivity contribution in [2.24, 2.45) is 0 Å². The van der Waals surface area contributed by atoms with E-state index in [0.29, 0.717) is 0 Å². The van der Waals surface area contributed by atoms with Crippen LogP contribution < -0.4 is 0 Å². The lowest BCUT2D eigenvalue weighted by Crippen LogP contribution is -1.85. The van der Waals surface area contributed by atoms with Crippen LogP contribution in [0.25, 0.3) is 5.57 Å². The number of hydrogen-bond acceptors (Lipinski definition) is 1. The van der Waals surface area contributed by atoms with Gasteiger partial charge in [0.2, 0.25) is 0 Å². The van der Waals surface area contributed by atoms with E-state index in [1.54, 1.807) is 13.0 Å². The molecule has 0 unspecified atom stereocenters. The molecule has 14 heavy (non-hydrogen) atoms. The summed E-state index contributed by atoms with van der Waals surface area (Å²) in [6.07, 6.45) is 1.65. The fourth-order valence-electron chi connectivity index (χ4n) is 1.09. The van der Waals surface area contributed by atoms with E-state index in [0.717, 1.165) is 11.1 Å². The van der Waals surface area contributed by atoms with Crippen LogP contribution in [-0.4, -0.2) is 5.78 Å². The van der Waals surface area contributed by atoms with Gasteiger partial charge in [0.1, 0.15) is 0 Å². The molecule has 0 bridgehead atoms. The van der Waals surface area contributed by atoms with E-state index >= 15 is 0 Å². The second-order valence-electron chi connectivity index (χ2n) is 2.80. The molecule has 1 heteroatoms. The SMILES string of the molecule is CC.CC(=O)C=C(C)c1ccccc1. The Morgan fingerprint density at radius 1 is 1.07 bits per heavy atom. The third-order valence-corrected chi connectivity index (χ3v) is 1.65. The summed E-state index contributed by atoms with van der Waals surface area (Å²) >= 11 is 0. The van der Waals surface area contributed by atoms with Crippen molar-refractivity contribution in [2.75, 3.05) is 0 Å². The number of ketones is 1. The molecule has 0 N–H and O–H groups in total. The molecule has 0 spiro atoms. The van der Waals surface area contributed by atoms with Gasteiger partial charge in [-0.2, -0.15) is 0 Å². The normalized spacial score (nSPS) is 10.1. The molecule has 0 atom stereocenters. The molecule has 1 aromatic rings. The van der Waals surface area contributed by atoms with E-state index < -0.39 is 0 Å². The summed E-state index contributed by atoms with van der Waals surface area (Å²) in [5.74, 6) is 0.0938. The van der Waals surface area contributed by atoms with Gasteiger partial charge in [0, 0.05) is 0 Å². The third-order valence-electron chi connectivity index (χ3n) is 1.65. The summed E-state index contributed by atoms with van der Waals surface area (Å²) in [6, 6.07) is 9.88. The highest BCUT2D eigenvalue weighted by molar-refractivity contribution is 5.94. The molecule has 0 heterocycles. The number of carbonyl (C=O) groups is 1. The summed E-state index contributed by atoms with van der Waals surface area (Å²) in [7, 11) is 0. The van der Waals surface area contributed by atoms with Gasteiger partial charge < -0.3 is 0 Å². The van der Waals surface area contributed by atoms with E-state index in [1.165, 1.54) is 0 Å². The Kier molecular flexibility index (Phi) is 6.38. The van der Waals surface area contributed by atoms with Crippen LogP contribution in [-0.2, 0) is 4.79 Å². The van der Waals surface area contributed by atoms with E-state index in [-0.39, 0.29) is 5.78 Å². The number of carbonyl (C=O) groups excluding carboxylic acids is 1. The Bertz CT molecular complexity index is 296. The fraction of sp³-hybridized carbons (Fsp3) is 0.308. The van der Waals surface area contributed by atoms with Crippen molar-refractivity contribution >= 4 is 11.4 Å². The predicted molar refractivity (Wildman–Crippen MR) is 62.1 cm³/mol. The third kappa shape index (κ3) is 4.61. The topological polar surface area (TPSA) is 17.1 Å². The zero-order valence-corrected chi connectivity index (χ0v) is 9.37. The summed E-state index contributed by atoms with van der Waals surface area (Å²) < 4.78 is 0. The van der Waals surface area contributed by atoms with Crippen LogP contribution in [0.5, 0.6) is 0 Å². The van der Waals surface area contributed by atoms with Crippen LogP contribution >= 0.6 is 0 Å². The molecule has 1 aromatic carbocycles. The lowest BCUT2D eigenvalue weighted by atomic mass is 10.1. The average molecular weight is 190 g/mol. The lowest BCUT2D eigenvalue weighted by Gasteiger charge is -1.98. The van der Waals surface area contributed by atoms with Crippen molar-refractivity contribution in [1.29, 1.82) is 0 Å². The van der Waals surface area contributed by atoms with Crippen LogP contribution in [0.15, 0.2) is 36.4 Å². The number of benzene rings is 1. The Morgan fingerprint density at radius 3 is 2.00 bits per heavy atom. The van der Waals surface area contributed by atoms with Crippen LogP contribution in [0, 0.1) is 0 Å². The van der Waals surface area contributed by atoms with Crippen LogP contribution in [0.4, 0.5) is 0 Å². The van der Waals surface area contributed by atoms with Crippen molar-refractivity contribution in [2.45, 2.75) is 27.7 Å². The Labute approximate surface area is 86.5 Å². The van der Waals surface area contributed by atoms with Gasteiger partial charge >= 0.3 is 0 Å². The van der Waals surface area contributed by atoms with Crippen LogP contribution in [0.3, 0.4) is 0 Å². The van der Waals surface area contributed by atoms with Crippen molar-refractivity contribution in [1.82, 2.24) is 0 Å². The summed E-state index contributed by atoms with van der Waals surface area (Å²) in [5.41, 5.74) is 2.12. The minimum Gasteiger partial charge on any atom is -0.295 e. The van der Waals surface area contributed by atoms with Gasteiger partial charge in [-0.1, -0.05) is 44.2 Å². The van der Waals surface area contributed by atoms with E-state index in [1.807, 2.05) is 51.1 Å². The Morgan fingerprint density at radius 2 is 1.57 bits per heavy atom. The largest absolute Gasteiger partial charge is 0.295 e. The highest BCUT2D eigenvalue weighted by Crippen LogP contribution is 2.11. The lowest BCUT2D eigenvalue weighted by molar-refractivity contribution is -0.112. The maximum absolute atomic E-state index is 10.8. The highest BCUT2D eigenvalue weighted by Gasteiger charge is 1.94. The summed E-state index contributed by atoms with van der Waals surface area (Å²) in [4.78, 5) is 10.8. The zero-order valence-electron chi connectivity index (χ0n) is 9.37. The van der Waals surface area contributed by atoms with Crippen molar-refractivity contribution in [3.05, 3.63) is 42.0 Å². The minimum atomic E-state index is 0.0938. The first-order chi connectivity index (χ1) is 6.70. The molecule has 0 aliphatic carbocycles. The van der Waals surface area contributed by atoms with Gasteiger partial charge in [-0.25, -0.2) is 0 Å². The van der Waals surface area contributed by atoms with Crippen LogP contribution in [0.2, 0.25) is 0 Å². The van der Waals surface area contributed by atoms with E-state index in [2.05, 4.69) is 0 Å². The molecule has 76 valence electrons. The molecule has 0 fully saturated rings. The van der Waals surface area contributed by atoms with Crippen LogP contribution in [0.1, 0.15) is 33.3 Å². The molecule has 0 aliphatic rings. The molecular weight excluding hydrogens is 172 g/mol. The van der Waals surface area contributed by atoms with Crippen molar-refractivity contribution in [3.63, 3.8) is 0 Å². The summed E-state index contributed by atoms with van der Waals surface area (Å²) in [6.45, 7) is 7.50. The van der Waals surface area contributed by atoms with Gasteiger partial charge in [-0.05, 0) is 31.1 Å². The first-order valence-electron chi connectivity index (χ1n) is 4.94. The van der Waals surface area contributed by atoms with Gasteiger partial charge in [-0.15, -0.1) is 0 Å². The minimum absolute atomic E-state index is 0.0938.